The van der Waals surface area contributed by atoms with Gasteiger partial charge in [-0.3, -0.25) is 10.1 Å². The van der Waals surface area contributed by atoms with Gasteiger partial charge in [-0.1, -0.05) is 0 Å². The standard InChI is InChI=1S/C16H18N6O.3ClH/c23-15-13(9-11-10-19-14-12(11)3-1-5-18-14)20-16(21-15)22-7-2-4-17-6-8-22;;;/h1,3,5,9-10,17H,2,4,6-8H2,(H,18,19)(H,20,21,23);3*1H/b13-9-;;;. The highest BCUT2D eigenvalue weighted by atomic mass is 35.5. The van der Waals surface area contributed by atoms with Crippen LogP contribution in [0.5, 0.6) is 0 Å². The number of aromatic amines is 1. The summed E-state index contributed by atoms with van der Waals surface area (Å²) in [4.78, 5) is 26.2. The van der Waals surface area contributed by atoms with E-state index in [2.05, 4.69) is 30.5 Å². The maximum Gasteiger partial charge on any atom is 0.276 e. The minimum Gasteiger partial charge on any atom is -0.346 e. The summed E-state index contributed by atoms with van der Waals surface area (Å²) in [6.07, 6.45) is 6.43. The van der Waals surface area contributed by atoms with Crippen LogP contribution in [0.25, 0.3) is 17.1 Å². The molecule has 2 aromatic heterocycles. The predicted octanol–water partition coefficient (Wildman–Crippen LogP) is 1.95. The van der Waals surface area contributed by atoms with E-state index in [1.165, 1.54) is 0 Å². The van der Waals surface area contributed by atoms with Crippen LogP contribution in [0.2, 0.25) is 0 Å². The van der Waals surface area contributed by atoms with Crippen LogP contribution in [0.1, 0.15) is 12.0 Å². The number of rotatable bonds is 1. The third-order valence-electron chi connectivity index (χ3n) is 4.10. The highest BCUT2D eigenvalue weighted by Crippen LogP contribution is 2.20. The van der Waals surface area contributed by atoms with Crippen molar-refractivity contribution >= 4 is 66.2 Å². The van der Waals surface area contributed by atoms with Gasteiger partial charge in [0.15, 0.2) is 0 Å². The molecule has 4 rings (SSSR count). The third kappa shape index (κ3) is 4.48. The molecule has 0 aliphatic carbocycles. The molecule has 3 N–H and O–H groups in total. The van der Waals surface area contributed by atoms with E-state index in [0.717, 1.165) is 49.2 Å². The Kier molecular flexibility index (Phi) is 8.36. The molecule has 0 bridgehead atoms. The molecule has 0 radical (unpaired) electrons. The quantitative estimate of drug-likeness (QED) is 0.617. The van der Waals surface area contributed by atoms with Gasteiger partial charge < -0.3 is 15.2 Å². The lowest BCUT2D eigenvalue weighted by molar-refractivity contribution is -0.115. The Morgan fingerprint density at radius 2 is 2.00 bits per heavy atom. The van der Waals surface area contributed by atoms with Gasteiger partial charge in [-0.15, -0.1) is 37.2 Å². The van der Waals surface area contributed by atoms with Crippen molar-refractivity contribution in [3.8, 4) is 0 Å². The maximum atomic E-state index is 12.2. The molecule has 0 saturated carbocycles. The summed E-state index contributed by atoms with van der Waals surface area (Å²) in [5, 5.41) is 7.20. The van der Waals surface area contributed by atoms with Gasteiger partial charge in [-0.05, 0) is 31.2 Å². The van der Waals surface area contributed by atoms with E-state index in [1.54, 1.807) is 12.3 Å². The molecule has 2 aliphatic heterocycles. The van der Waals surface area contributed by atoms with E-state index in [1.807, 2.05) is 18.3 Å². The van der Waals surface area contributed by atoms with Crippen molar-refractivity contribution in [2.75, 3.05) is 26.2 Å². The molecule has 26 heavy (non-hydrogen) atoms. The molecule has 10 heteroatoms. The molecule has 0 unspecified atom stereocenters. The highest BCUT2D eigenvalue weighted by Gasteiger charge is 2.25. The van der Waals surface area contributed by atoms with Crippen LogP contribution in [0.4, 0.5) is 0 Å². The Morgan fingerprint density at radius 1 is 1.15 bits per heavy atom. The Morgan fingerprint density at radius 3 is 2.85 bits per heavy atom. The number of amides is 1. The average molecular weight is 420 g/mol. The van der Waals surface area contributed by atoms with Crippen LogP contribution < -0.4 is 10.6 Å². The molecule has 1 saturated heterocycles. The van der Waals surface area contributed by atoms with Crippen LogP contribution in [0.3, 0.4) is 0 Å². The smallest absolute Gasteiger partial charge is 0.276 e. The molecule has 0 spiro atoms. The molecule has 0 aromatic carbocycles. The second-order valence-corrected chi connectivity index (χ2v) is 5.65. The molecule has 1 fully saturated rings. The largest absolute Gasteiger partial charge is 0.346 e. The highest BCUT2D eigenvalue weighted by molar-refractivity contribution is 6.14. The lowest BCUT2D eigenvalue weighted by atomic mass is 10.2. The molecule has 2 aliphatic rings. The monoisotopic (exact) mass is 418 g/mol. The van der Waals surface area contributed by atoms with Gasteiger partial charge in [0.1, 0.15) is 11.3 Å². The first-order valence-electron chi connectivity index (χ1n) is 7.81. The van der Waals surface area contributed by atoms with Crippen molar-refractivity contribution in [3.05, 3.63) is 35.8 Å². The second-order valence-electron chi connectivity index (χ2n) is 5.65. The zero-order valence-corrected chi connectivity index (χ0v) is 16.3. The Labute approximate surface area is 170 Å². The van der Waals surface area contributed by atoms with Gasteiger partial charge in [0.25, 0.3) is 5.91 Å². The molecular formula is C16H21Cl3N6O. The first-order valence-corrected chi connectivity index (χ1v) is 7.81. The molecule has 4 heterocycles. The number of fused-ring (bicyclic) bond motifs is 1. The number of hydrogen-bond acceptors (Lipinski definition) is 5. The van der Waals surface area contributed by atoms with Gasteiger partial charge in [0.05, 0.1) is 0 Å². The van der Waals surface area contributed by atoms with E-state index in [4.69, 9.17) is 0 Å². The number of pyridine rings is 1. The molecule has 142 valence electrons. The fourth-order valence-electron chi connectivity index (χ4n) is 2.91. The van der Waals surface area contributed by atoms with E-state index < -0.39 is 0 Å². The topological polar surface area (TPSA) is 85.4 Å². The van der Waals surface area contributed by atoms with Crippen molar-refractivity contribution in [1.29, 1.82) is 0 Å². The third-order valence-corrected chi connectivity index (χ3v) is 4.10. The van der Waals surface area contributed by atoms with Crippen LogP contribution in [0, 0.1) is 0 Å². The van der Waals surface area contributed by atoms with Crippen LogP contribution in [0.15, 0.2) is 35.2 Å². The number of aromatic nitrogens is 2. The number of guanidine groups is 1. The summed E-state index contributed by atoms with van der Waals surface area (Å²) < 4.78 is 0. The predicted molar refractivity (Wildman–Crippen MR) is 110 cm³/mol. The lowest BCUT2D eigenvalue weighted by Crippen LogP contribution is -2.42. The van der Waals surface area contributed by atoms with E-state index in [9.17, 15) is 4.79 Å². The van der Waals surface area contributed by atoms with Crippen LogP contribution in [-0.2, 0) is 4.79 Å². The minimum atomic E-state index is -0.157. The average Bonchev–Trinajstić information content (AvgIpc) is 3.01. The minimum absolute atomic E-state index is 0. The van der Waals surface area contributed by atoms with Crippen LogP contribution >= 0.6 is 37.2 Å². The molecule has 7 nitrogen and oxygen atoms in total. The summed E-state index contributed by atoms with van der Waals surface area (Å²) in [5.41, 5.74) is 2.16. The summed E-state index contributed by atoms with van der Waals surface area (Å²) in [7, 11) is 0. The summed E-state index contributed by atoms with van der Waals surface area (Å²) in [6.45, 7) is 3.66. The normalized spacial score (nSPS) is 18.3. The number of H-pyrrole nitrogens is 1. The lowest BCUT2D eigenvalue weighted by Gasteiger charge is -2.20. The maximum absolute atomic E-state index is 12.2. The van der Waals surface area contributed by atoms with Gasteiger partial charge in [-0.25, -0.2) is 9.98 Å². The molecule has 0 atom stereocenters. The number of aliphatic imine (C=N–C) groups is 1. The van der Waals surface area contributed by atoms with Crippen molar-refractivity contribution in [3.63, 3.8) is 0 Å². The number of nitrogens with zero attached hydrogens (tertiary/aromatic N) is 3. The summed E-state index contributed by atoms with van der Waals surface area (Å²) >= 11 is 0. The van der Waals surface area contributed by atoms with Gasteiger partial charge in [-0.2, -0.15) is 0 Å². The first-order chi connectivity index (χ1) is 11.3. The van der Waals surface area contributed by atoms with Gasteiger partial charge in [0, 0.05) is 43.0 Å². The zero-order chi connectivity index (χ0) is 15.6. The van der Waals surface area contributed by atoms with Crippen LogP contribution in [-0.4, -0.2) is 52.9 Å². The molecule has 2 aromatic rings. The number of halogens is 3. The Balaban J connectivity index is 0.00000113. The fourth-order valence-corrected chi connectivity index (χ4v) is 2.91. The summed E-state index contributed by atoms with van der Waals surface area (Å²) in [5.74, 6) is 0.498. The first kappa shape index (κ1) is 22.2. The number of carbonyl (C=O) groups excluding carboxylic acids is 1. The number of hydrogen-bond donors (Lipinski definition) is 3. The zero-order valence-electron chi connectivity index (χ0n) is 13.9. The number of carbonyl (C=O) groups is 1. The van der Waals surface area contributed by atoms with Gasteiger partial charge >= 0.3 is 0 Å². The van der Waals surface area contributed by atoms with E-state index in [-0.39, 0.29) is 43.1 Å². The fraction of sp³-hybridized carbons (Fsp3) is 0.312. The number of nitrogens with one attached hydrogen (secondary N) is 3. The second kappa shape index (κ2) is 9.78. The van der Waals surface area contributed by atoms with E-state index >= 15 is 0 Å². The van der Waals surface area contributed by atoms with Crippen molar-refractivity contribution in [2.24, 2.45) is 4.99 Å². The van der Waals surface area contributed by atoms with Crippen molar-refractivity contribution in [1.82, 2.24) is 25.5 Å². The summed E-state index contributed by atoms with van der Waals surface area (Å²) in [6, 6.07) is 3.86. The van der Waals surface area contributed by atoms with E-state index in [0.29, 0.717) is 11.7 Å². The Bertz CT molecular complexity index is 811. The molecule has 1 amide bonds. The van der Waals surface area contributed by atoms with Gasteiger partial charge in [0.2, 0.25) is 5.96 Å². The molecular weight excluding hydrogens is 399 g/mol. The SMILES string of the molecule is Cl.Cl.Cl.O=C1NC(N2CCCNCC2)=N/C1=C\c1c[nH]c2ncccc12. The van der Waals surface area contributed by atoms with Crippen molar-refractivity contribution in [2.45, 2.75) is 6.42 Å². The Hall–Kier alpha value is -1.80. The van der Waals surface area contributed by atoms with Crippen molar-refractivity contribution < 1.29 is 4.79 Å².